The molecule has 0 saturated heterocycles. The molecule has 0 unspecified atom stereocenters. The van der Waals surface area contributed by atoms with Crippen LogP contribution in [0.25, 0.3) is 0 Å². The summed E-state index contributed by atoms with van der Waals surface area (Å²) in [6, 6.07) is 0. The Morgan fingerprint density at radius 3 is 2.47 bits per heavy atom. The number of nitrogens with zero attached hydrogens (tertiary/aromatic N) is 2. The molecule has 0 bridgehead atoms. The Morgan fingerprint density at radius 1 is 1.41 bits per heavy atom. The number of aliphatic hydroxyl groups excluding tert-OH is 1. The summed E-state index contributed by atoms with van der Waals surface area (Å²) in [6.45, 7) is 9.10. The van der Waals surface area contributed by atoms with Gasteiger partial charge >= 0.3 is 6.09 Å². The normalized spacial score (nSPS) is 12.6. The molecule has 1 heterocycles. The zero-order valence-electron chi connectivity index (χ0n) is 11.0. The fraction of sp³-hybridized carbons (Fsp3) is 0.667. The van der Waals surface area contributed by atoms with Crippen LogP contribution in [0.3, 0.4) is 0 Å². The van der Waals surface area contributed by atoms with Crippen LogP contribution in [0.15, 0.2) is 12.5 Å². The van der Waals surface area contributed by atoms with Crippen molar-refractivity contribution in [3.63, 3.8) is 0 Å². The van der Waals surface area contributed by atoms with Gasteiger partial charge in [0.05, 0.1) is 12.3 Å². The van der Waals surface area contributed by atoms with Crippen molar-refractivity contribution in [1.29, 1.82) is 0 Å². The van der Waals surface area contributed by atoms with Gasteiger partial charge in [-0.3, -0.25) is 0 Å². The Balaban J connectivity index is 2.85. The van der Waals surface area contributed by atoms with Crippen LogP contribution < -0.4 is 0 Å². The number of ether oxygens (including phenoxy) is 1. The van der Waals surface area contributed by atoms with E-state index in [2.05, 4.69) is 4.98 Å². The maximum atomic E-state index is 11.7. The van der Waals surface area contributed by atoms with E-state index in [1.54, 1.807) is 27.0 Å². The standard InChI is InChI=1S/C12H20N2O3/c1-11(2,3)17-10(16)14-6-9(13-8-14)12(4,5)7-15/h6,8,15H,7H2,1-5H3. The van der Waals surface area contributed by atoms with E-state index in [4.69, 9.17) is 4.74 Å². The summed E-state index contributed by atoms with van der Waals surface area (Å²) >= 11 is 0. The molecule has 0 amide bonds. The average Bonchev–Trinajstić information content (AvgIpc) is 2.64. The SMILES string of the molecule is CC(C)(C)OC(=O)n1cnc(C(C)(C)CO)c1. The van der Waals surface area contributed by atoms with E-state index in [1.165, 1.54) is 10.9 Å². The molecule has 96 valence electrons. The minimum atomic E-state index is -0.534. The van der Waals surface area contributed by atoms with Crippen LogP contribution in [0.5, 0.6) is 0 Å². The third kappa shape index (κ3) is 3.56. The van der Waals surface area contributed by atoms with Crippen molar-refractivity contribution in [2.45, 2.75) is 45.6 Å². The lowest BCUT2D eigenvalue weighted by Gasteiger charge is -2.20. The summed E-state index contributed by atoms with van der Waals surface area (Å²) in [6.07, 6.45) is 2.52. The minimum absolute atomic E-state index is 0.0294. The van der Waals surface area contributed by atoms with Crippen molar-refractivity contribution in [2.24, 2.45) is 0 Å². The molecular weight excluding hydrogens is 220 g/mol. The summed E-state index contributed by atoms with van der Waals surface area (Å²) < 4.78 is 6.49. The van der Waals surface area contributed by atoms with Crippen molar-refractivity contribution in [1.82, 2.24) is 9.55 Å². The maximum absolute atomic E-state index is 11.7. The van der Waals surface area contributed by atoms with Gasteiger partial charge in [0, 0.05) is 11.6 Å². The summed E-state index contributed by atoms with van der Waals surface area (Å²) in [5.41, 5.74) is -0.341. The first-order valence-corrected chi connectivity index (χ1v) is 5.54. The lowest BCUT2D eigenvalue weighted by Crippen LogP contribution is -2.27. The molecule has 1 aromatic heterocycles. The number of hydrogen-bond acceptors (Lipinski definition) is 4. The fourth-order valence-corrected chi connectivity index (χ4v) is 1.17. The van der Waals surface area contributed by atoms with E-state index in [0.29, 0.717) is 5.69 Å². The van der Waals surface area contributed by atoms with Crippen LogP contribution in [-0.4, -0.2) is 33.0 Å². The second kappa shape index (κ2) is 4.49. The molecule has 1 aromatic rings. The lowest BCUT2D eigenvalue weighted by molar-refractivity contribution is 0.0536. The lowest BCUT2D eigenvalue weighted by atomic mass is 9.91. The van der Waals surface area contributed by atoms with Crippen molar-refractivity contribution in [2.75, 3.05) is 6.61 Å². The van der Waals surface area contributed by atoms with E-state index in [0.717, 1.165) is 0 Å². The van der Waals surface area contributed by atoms with Crippen LogP contribution in [0.4, 0.5) is 4.79 Å². The first kappa shape index (κ1) is 13.7. The molecule has 0 aliphatic carbocycles. The van der Waals surface area contributed by atoms with Crippen LogP contribution in [0, 0.1) is 0 Å². The highest BCUT2D eigenvalue weighted by Gasteiger charge is 2.24. The van der Waals surface area contributed by atoms with Crippen LogP contribution in [0.2, 0.25) is 0 Å². The Hall–Kier alpha value is -1.36. The monoisotopic (exact) mass is 240 g/mol. The van der Waals surface area contributed by atoms with Gasteiger partial charge < -0.3 is 9.84 Å². The van der Waals surface area contributed by atoms with Crippen molar-refractivity contribution < 1.29 is 14.6 Å². The number of rotatable bonds is 2. The summed E-state index contributed by atoms with van der Waals surface area (Å²) in [5, 5.41) is 9.22. The molecule has 5 nitrogen and oxygen atoms in total. The van der Waals surface area contributed by atoms with Crippen molar-refractivity contribution >= 4 is 6.09 Å². The van der Waals surface area contributed by atoms with Gasteiger partial charge in [-0.25, -0.2) is 14.3 Å². The van der Waals surface area contributed by atoms with Crippen molar-refractivity contribution in [3.05, 3.63) is 18.2 Å². The Kier molecular flexibility index (Phi) is 3.62. The van der Waals surface area contributed by atoms with Gasteiger partial charge in [-0.15, -0.1) is 0 Å². The molecule has 0 radical (unpaired) electrons. The third-order valence-electron chi connectivity index (χ3n) is 2.28. The highest BCUT2D eigenvalue weighted by Crippen LogP contribution is 2.20. The molecule has 17 heavy (non-hydrogen) atoms. The predicted molar refractivity (Wildman–Crippen MR) is 64.0 cm³/mol. The highest BCUT2D eigenvalue weighted by molar-refractivity contribution is 5.70. The largest absolute Gasteiger partial charge is 0.443 e. The highest BCUT2D eigenvalue weighted by atomic mass is 16.6. The van der Waals surface area contributed by atoms with Gasteiger partial charge in [0.15, 0.2) is 0 Å². The second-order valence-electron chi connectivity index (χ2n) is 5.69. The topological polar surface area (TPSA) is 64.4 Å². The van der Waals surface area contributed by atoms with Gasteiger partial charge in [-0.2, -0.15) is 0 Å². The van der Waals surface area contributed by atoms with Crippen LogP contribution in [0.1, 0.15) is 40.3 Å². The van der Waals surface area contributed by atoms with E-state index >= 15 is 0 Å². The molecule has 5 heteroatoms. The number of aliphatic hydroxyl groups is 1. The first-order valence-electron chi connectivity index (χ1n) is 5.54. The summed E-state index contributed by atoms with van der Waals surface area (Å²) in [7, 11) is 0. The summed E-state index contributed by atoms with van der Waals surface area (Å²) in [5.74, 6) is 0. The van der Waals surface area contributed by atoms with Crippen molar-refractivity contribution in [3.8, 4) is 0 Å². The maximum Gasteiger partial charge on any atom is 0.419 e. The first-order chi connectivity index (χ1) is 7.65. The smallest absolute Gasteiger partial charge is 0.419 e. The molecule has 0 aliphatic heterocycles. The quantitative estimate of drug-likeness (QED) is 0.858. The van der Waals surface area contributed by atoms with E-state index < -0.39 is 17.1 Å². The van der Waals surface area contributed by atoms with Gasteiger partial charge in [0.25, 0.3) is 0 Å². The number of imidazole rings is 1. The van der Waals surface area contributed by atoms with Gasteiger partial charge in [0.1, 0.15) is 11.9 Å². The zero-order valence-corrected chi connectivity index (χ0v) is 11.0. The van der Waals surface area contributed by atoms with E-state index in [9.17, 15) is 9.90 Å². The molecular formula is C12H20N2O3. The van der Waals surface area contributed by atoms with E-state index in [-0.39, 0.29) is 6.61 Å². The Bertz CT molecular complexity index is 402. The molecule has 0 aromatic carbocycles. The Morgan fingerprint density at radius 2 is 2.00 bits per heavy atom. The molecule has 0 atom stereocenters. The minimum Gasteiger partial charge on any atom is -0.443 e. The predicted octanol–water partition coefficient (Wildman–Crippen LogP) is 1.94. The average molecular weight is 240 g/mol. The molecule has 1 rings (SSSR count). The number of aromatic nitrogens is 2. The second-order valence-corrected chi connectivity index (χ2v) is 5.69. The van der Waals surface area contributed by atoms with Gasteiger partial charge in [-0.05, 0) is 20.8 Å². The molecule has 0 aliphatic rings. The summed E-state index contributed by atoms with van der Waals surface area (Å²) in [4.78, 5) is 15.8. The molecule has 0 spiro atoms. The number of carbonyl (C=O) groups excluding carboxylic acids is 1. The molecule has 0 saturated carbocycles. The van der Waals surface area contributed by atoms with Crippen LogP contribution >= 0.6 is 0 Å². The fourth-order valence-electron chi connectivity index (χ4n) is 1.17. The van der Waals surface area contributed by atoms with E-state index in [1.807, 2.05) is 13.8 Å². The third-order valence-corrected chi connectivity index (χ3v) is 2.28. The van der Waals surface area contributed by atoms with Gasteiger partial charge in [0.2, 0.25) is 0 Å². The zero-order chi connectivity index (χ0) is 13.3. The van der Waals surface area contributed by atoms with Crippen LogP contribution in [-0.2, 0) is 10.2 Å². The number of carbonyl (C=O) groups is 1. The molecule has 0 fully saturated rings. The number of hydrogen-bond donors (Lipinski definition) is 1. The Labute approximate surface area is 101 Å². The van der Waals surface area contributed by atoms with Gasteiger partial charge in [-0.1, -0.05) is 13.8 Å². The molecule has 1 N–H and O–H groups in total.